The van der Waals surface area contributed by atoms with Gasteiger partial charge in [-0.15, -0.1) is 24.8 Å². The molecule has 2 aromatic rings. The minimum atomic E-state index is -2.81. The number of carbonyl (C=O) groups is 1. The summed E-state index contributed by atoms with van der Waals surface area (Å²) in [5.74, 6) is -2.15. The lowest BCUT2D eigenvalue weighted by atomic mass is 10.1. The molecule has 4 rings (SSSR count). The molecule has 2 aliphatic heterocycles. The van der Waals surface area contributed by atoms with Crippen LogP contribution < -0.4 is 10.6 Å². The predicted molar refractivity (Wildman–Crippen MR) is 102 cm³/mol. The molecule has 2 aliphatic rings. The number of fused-ring (bicyclic) bond motifs is 3. The number of anilines is 1. The standard InChI is InChI=1S/C17H20F2N4O.2ClH/c18-17(19)9-13(20-10-17)16(24)21-11-5-6-14-12(8-11)22-15-4-2-1-3-7-23(14)15;;/h5-6,8,13,20H,1-4,7,9-10H2,(H,21,24);2*1H. The minimum Gasteiger partial charge on any atom is -0.328 e. The lowest BCUT2D eigenvalue weighted by molar-refractivity contribution is -0.118. The van der Waals surface area contributed by atoms with E-state index in [0.29, 0.717) is 5.69 Å². The number of carbonyl (C=O) groups excluding carboxylic acids is 1. The summed E-state index contributed by atoms with van der Waals surface area (Å²) in [6.07, 6.45) is 4.03. The SMILES string of the molecule is Cl.Cl.O=C(Nc1ccc2c(c1)nc1n2CCCCC1)C1CC(F)(F)CN1. The minimum absolute atomic E-state index is 0. The van der Waals surface area contributed by atoms with Crippen LogP contribution in [0.5, 0.6) is 0 Å². The van der Waals surface area contributed by atoms with Crippen LogP contribution in [0.2, 0.25) is 0 Å². The first-order valence-corrected chi connectivity index (χ1v) is 8.43. The second-order valence-corrected chi connectivity index (χ2v) is 6.68. The molecule has 1 unspecified atom stereocenters. The Bertz CT molecular complexity index is 796. The van der Waals surface area contributed by atoms with E-state index >= 15 is 0 Å². The molecular weight excluding hydrogens is 385 g/mol. The number of halogens is 4. The third-order valence-electron chi connectivity index (χ3n) is 4.80. The molecule has 1 atom stereocenters. The molecule has 9 heteroatoms. The molecule has 3 heterocycles. The van der Waals surface area contributed by atoms with E-state index in [4.69, 9.17) is 0 Å². The highest BCUT2D eigenvalue weighted by Crippen LogP contribution is 2.27. The largest absolute Gasteiger partial charge is 0.328 e. The van der Waals surface area contributed by atoms with Gasteiger partial charge < -0.3 is 9.88 Å². The summed E-state index contributed by atoms with van der Waals surface area (Å²) in [5, 5.41) is 5.29. The van der Waals surface area contributed by atoms with Gasteiger partial charge in [-0.1, -0.05) is 6.42 Å². The molecule has 26 heavy (non-hydrogen) atoms. The third-order valence-corrected chi connectivity index (χ3v) is 4.80. The molecule has 1 amide bonds. The zero-order valence-electron chi connectivity index (χ0n) is 14.1. The Balaban J connectivity index is 0.00000121. The maximum Gasteiger partial charge on any atom is 0.262 e. The van der Waals surface area contributed by atoms with Gasteiger partial charge in [0.05, 0.1) is 23.6 Å². The fourth-order valence-corrected chi connectivity index (χ4v) is 3.56. The highest BCUT2D eigenvalue weighted by molar-refractivity contribution is 5.96. The highest BCUT2D eigenvalue weighted by atomic mass is 35.5. The van der Waals surface area contributed by atoms with Crippen molar-refractivity contribution < 1.29 is 13.6 Å². The van der Waals surface area contributed by atoms with Crippen LogP contribution in [0.1, 0.15) is 31.5 Å². The number of hydrogen-bond acceptors (Lipinski definition) is 3. The van der Waals surface area contributed by atoms with Crippen LogP contribution in [0.25, 0.3) is 11.0 Å². The zero-order chi connectivity index (χ0) is 16.7. The summed E-state index contributed by atoms with van der Waals surface area (Å²) in [6.45, 7) is 0.524. The Labute approximate surface area is 162 Å². The van der Waals surface area contributed by atoms with E-state index in [9.17, 15) is 13.6 Å². The molecule has 0 aliphatic carbocycles. The fourth-order valence-electron chi connectivity index (χ4n) is 3.56. The molecule has 1 aromatic heterocycles. The number of aryl methyl sites for hydroxylation is 2. The molecule has 2 N–H and O–H groups in total. The second-order valence-electron chi connectivity index (χ2n) is 6.68. The van der Waals surface area contributed by atoms with Crippen molar-refractivity contribution in [1.29, 1.82) is 0 Å². The van der Waals surface area contributed by atoms with Crippen molar-refractivity contribution in [3.8, 4) is 0 Å². The molecule has 0 spiro atoms. The number of benzene rings is 1. The van der Waals surface area contributed by atoms with Crippen LogP contribution in [-0.4, -0.2) is 34.0 Å². The Kier molecular flexibility index (Phi) is 6.47. The number of alkyl halides is 2. The number of aromatic nitrogens is 2. The molecule has 1 saturated heterocycles. The van der Waals surface area contributed by atoms with Crippen molar-refractivity contribution in [3.63, 3.8) is 0 Å². The van der Waals surface area contributed by atoms with E-state index in [0.717, 1.165) is 42.7 Å². The monoisotopic (exact) mass is 406 g/mol. The zero-order valence-corrected chi connectivity index (χ0v) is 15.8. The lowest BCUT2D eigenvalue weighted by Crippen LogP contribution is -2.35. The molecule has 144 valence electrons. The highest BCUT2D eigenvalue weighted by Gasteiger charge is 2.42. The van der Waals surface area contributed by atoms with Crippen LogP contribution in [0.4, 0.5) is 14.5 Å². The Hall–Kier alpha value is -1.44. The van der Waals surface area contributed by atoms with E-state index in [2.05, 4.69) is 20.2 Å². The molecule has 0 bridgehead atoms. The van der Waals surface area contributed by atoms with Gasteiger partial charge in [0, 0.05) is 25.1 Å². The Morgan fingerprint density at radius 2 is 2.08 bits per heavy atom. The average molecular weight is 407 g/mol. The summed E-state index contributed by atoms with van der Waals surface area (Å²) in [5.41, 5.74) is 2.50. The first-order valence-electron chi connectivity index (χ1n) is 8.43. The molecule has 0 saturated carbocycles. The normalized spacial score (nSPS) is 21.2. The molecular formula is C17H22Cl2F2N4O. The van der Waals surface area contributed by atoms with E-state index in [-0.39, 0.29) is 24.8 Å². The number of amides is 1. The van der Waals surface area contributed by atoms with Gasteiger partial charge in [-0.3, -0.25) is 10.1 Å². The number of rotatable bonds is 2. The number of nitrogens with one attached hydrogen (secondary N) is 2. The van der Waals surface area contributed by atoms with Crippen molar-refractivity contribution in [3.05, 3.63) is 24.0 Å². The summed E-state index contributed by atoms with van der Waals surface area (Å²) in [7, 11) is 0. The number of hydrogen-bond donors (Lipinski definition) is 2. The Morgan fingerprint density at radius 3 is 2.81 bits per heavy atom. The smallest absolute Gasteiger partial charge is 0.262 e. The van der Waals surface area contributed by atoms with Crippen molar-refractivity contribution in [2.45, 2.75) is 50.6 Å². The fraction of sp³-hybridized carbons (Fsp3) is 0.529. The first-order chi connectivity index (χ1) is 11.5. The topological polar surface area (TPSA) is 59.0 Å². The van der Waals surface area contributed by atoms with Gasteiger partial charge in [-0.05, 0) is 31.0 Å². The van der Waals surface area contributed by atoms with Gasteiger partial charge >= 0.3 is 0 Å². The third kappa shape index (κ3) is 4.10. The van der Waals surface area contributed by atoms with Crippen molar-refractivity contribution in [1.82, 2.24) is 14.9 Å². The number of imidazole rings is 1. The summed E-state index contributed by atoms with van der Waals surface area (Å²) in [4.78, 5) is 16.8. The van der Waals surface area contributed by atoms with Gasteiger partial charge in [0.2, 0.25) is 5.91 Å². The quantitative estimate of drug-likeness (QED) is 0.801. The summed E-state index contributed by atoms with van der Waals surface area (Å²) in [6, 6.07) is 4.73. The Morgan fingerprint density at radius 1 is 1.27 bits per heavy atom. The van der Waals surface area contributed by atoms with Gasteiger partial charge in [-0.2, -0.15) is 0 Å². The van der Waals surface area contributed by atoms with E-state index in [1.165, 1.54) is 6.42 Å². The van der Waals surface area contributed by atoms with E-state index < -0.39 is 30.8 Å². The van der Waals surface area contributed by atoms with Crippen LogP contribution in [0.3, 0.4) is 0 Å². The van der Waals surface area contributed by atoms with Gasteiger partial charge in [0.15, 0.2) is 0 Å². The number of nitrogens with zero attached hydrogens (tertiary/aromatic N) is 2. The van der Waals surface area contributed by atoms with Crippen LogP contribution >= 0.6 is 24.8 Å². The molecule has 1 fully saturated rings. The molecule has 5 nitrogen and oxygen atoms in total. The van der Waals surface area contributed by atoms with E-state index in [1.54, 1.807) is 0 Å². The first kappa shape index (κ1) is 20.9. The summed E-state index contributed by atoms with van der Waals surface area (Å²) < 4.78 is 28.7. The molecule has 1 aromatic carbocycles. The summed E-state index contributed by atoms with van der Waals surface area (Å²) >= 11 is 0. The van der Waals surface area contributed by atoms with Crippen molar-refractivity contribution >= 4 is 47.4 Å². The van der Waals surface area contributed by atoms with E-state index in [1.807, 2.05) is 18.2 Å². The maximum atomic E-state index is 13.2. The van der Waals surface area contributed by atoms with Crippen LogP contribution in [-0.2, 0) is 17.8 Å². The van der Waals surface area contributed by atoms with Gasteiger partial charge in [-0.25, -0.2) is 13.8 Å². The lowest BCUT2D eigenvalue weighted by Gasteiger charge is -2.11. The van der Waals surface area contributed by atoms with Gasteiger partial charge in [0.25, 0.3) is 5.92 Å². The van der Waals surface area contributed by atoms with Crippen molar-refractivity contribution in [2.75, 3.05) is 11.9 Å². The predicted octanol–water partition coefficient (Wildman–Crippen LogP) is 3.54. The van der Waals surface area contributed by atoms with Crippen LogP contribution in [0.15, 0.2) is 18.2 Å². The maximum absolute atomic E-state index is 13.2. The average Bonchev–Trinajstić information content (AvgIpc) is 2.98. The van der Waals surface area contributed by atoms with Crippen LogP contribution in [0, 0.1) is 0 Å². The van der Waals surface area contributed by atoms with Crippen molar-refractivity contribution in [2.24, 2.45) is 0 Å². The molecule has 0 radical (unpaired) electrons. The van der Waals surface area contributed by atoms with Gasteiger partial charge in [0.1, 0.15) is 5.82 Å². The second kappa shape index (κ2) is 8.06.